The van der Waals surface area contributed by atoms with Crippen molar-refractivity contribution in [3.05, 3.63) is 0 Å². The molecule has 0 heterocycles. The molecular weight excluding hydrogens is 280 g/mol. The van der Waals surface area contributed by atoms with Crippen molar-refractivity contribution in [3.63, 3.8) is 0 Å². The van der Waals surface area contributed by atoms with E-state index in [1.54, 1.807) is 0 Å². The first-order chi connectivity index (χ1) is 0. The molecule has 30 valence electrons. The van der Waals surface area contributed by atoms with Gasteiger partial charge in [-0.15, -0.1) is 0 Å². The zero-order valence-electron chi connectivity index (χ0n) is 1.63. The molecule has 0 saturated heterocycles. The summed E-state index contributed by atoms with van der Waals surface area (Å²) in [6, 6.07) is 0. The molecule has 0 atom stereocenters. The van der Waals surface area contributed by atoms with Gasteiger partial charge in [-0.2, -0.15) is 0 Å². The van der Waals surface area contributed by atoms with Crippen molar-refractivity contribution in [2.45, 2.75) is 0 Å². The van der Waals surface area contributed by atoms with E-state index in [0.717, 1.165) is 0 Å². The Morgan fingerprint density at radius 3 is 0.500 bits per heavy atom. The van der Waals surface area contributed by atoms with E-state index in [0.29, 0.717) is 0 Å². The van der Waals surface area contributed by atoms with E-state index in [9.17, 15) is 0 Å². The first kappa shape index (κ1) is 42.6. The summed E-state index contributed by atoms with van der Waals surface area (Å²) in [6.07, 6.45) is 0. The van der Waals surface area contributed by atoms with E-state index >= 15 is 0 Å². The van der Waals surface area contributed by atoms with Gasteiger partial charge in [-0.3, -0.25) is 0 Å². The number of hydrogen-bond donors (Lipinski definition) is 0. The zero-order chi connectivity index (χ0) is 0. The van der Waals surface area contributed by atoms with Crippen molar-refractivity contribution < 1.29 is 21.1 Å². The molecule has 0 aromatic heterocycles. The third-order valence-electron chi connectivity index (χ3n) is 0. The molecule has 0 radical (unpaired) electrons. The average Bonchev–Trinajstić information content (AvgIpc) is 0. The summed E-state index contributed by atoms with van der Waals surface area (Å²) in [5.41, 5.74) is 0. The Hall–Kier alpha value is 1.74. The molecule has 0 rings (SSSR count). The van der Waals surface area contributed by atoms with Crippen LogP contribution in [0.2, 0.25) is 0 Å². The fourth-order valence-corrected chi connectivity index (χ4v) is 0. The maximum absolute atomic E-state index is 0. The molecule has 0 amide bonds. The monoisotopic (exact) mass is 280 g/mol. The average molecular weight is 280 g/mol. The van der Waals surface area contributed by atoms with Crippen LogP contribution in [0.5, 0.6) is 0 Å². The van der Waals surface area contributed by atoms with Crippen molar-refractivity contribution in [1.82, 2.24) is 0 Å². The SMILES string of the molecule is [S-2].[S-2].[S-2].[W]. The molecule has 4 heteroatoms. The predicted octanol–water partition coefficient (Wildman–Crippen LogP) is -0.00970. The predicted molar refractivity (Wildman–Crippen MR) is 22.1 cm³/mol. The molecule has 0 aromatic carbocycles. The van der Waals surface area contributed by atoms with Crippen LogP contribution in [-0.4, -0.2) is 0 Å². The van der Waals surface area contributed by atoms with Crippen LogP contribution >= 0.6 is 0 Å². The van der Waals surface area contributed by atoms with E-state index in [1.165, 1.54) is 0 Å². The number of rotatable bonds is 0. The first-order valence-electron chi connectivity index (χ1n) is 0. The van der Waals surface area contributed by atoms with E-state index < -0.39 is 0 Å². The molecule has 0 saturated carbocycles. The molecule has 0 aliphatic rings. The Balaban J connectivity index is 0. The summed E-state index contributed by atoms with van der Waals surface area (Å²) in [6.45, 7) is 0. The molecule has 0 spiro atoms. The second-order valence-electron chi connectivity index (χ2n) is 0. The van der Waals surface area contributed by atoms with Gasteiger partial charge in [0.25, 0.3) is 0 Å². The largest absolute Gasteiger partial charge is 2.00 e. The first-order valence-corrected chi connectivity index (χ1v) is 0. The summed E-state index contributed by atoms with van der Waals surface area (Å²) >= 11 is 0. The van der Waals surface area contributed by atoms with E-state index in [-0.39, 0.29) is 61.6 Å². The molecule has 0 aliphatic carbocycles. The summed E-state index contributed by atoms with van der Waals surface area (Å²) in [7, 11) is 0. The van der Waals surface area contributed by atoms with Gasteiger partial charge >= 0.3 is 0 Å². The van der Waals surface area contributed by atoms with Gasteiger partial charge in [-0.1, -0.05) is 0 Å². The quantitative estimate of drug-likeness (QED) is 0.585. The molecular formula is S3W-6. The van der Waals surface area contributed by atoms with Crippen molar-refractivity contribution in [2.24, 2.45) is 0 Å². The topological polar surface area (TPSA) is 0 Å². The van der Waals surface area contributed by atoms with Crippen LogP contribution in [0.3, 0.4) is 0 Å². The van der Waals surface area contributed by atoms with Gasteiger partial charge in [0.15, 0.2) is 0 Å². The maximum Gasteiger partial charge on any atom is 0 e. The second kappa shape index (κ2) is 21.9. The number of hydrogen-bond acceptors (Lipinski definition) is 0. The minimum atomic E-state index is 0. The maximum atomic E-state index is 0. The minimum absolute atomic E-state index is 0. The van der Waals surface area contributed by atoms with Crippen LogP contribution in [-0.2, 0) is 61.6 Å². The smallest absolute Gasteiger partial charge is 0 e. The van der Waals surface area contributed by atoms with E-state index in [1.807, 2.05) is 0 Å². The molecule has 0 aliphatic heterocycles. The summed E-state index contributed by atoms with van der Waals surface area (Å²) in [5, 5.41) is 0. The van der Waals surface area contributed by atoms with Crippen LogP contribution < -0.4 is 0 Å². The van der Waals surface area contributed by atoms with Crippen LogP contribution in [0.4, 0.5) is 0 Å². The molecule has 0 N–H and O–H groups in total. The second-order valence-corrected chi connectivity index (χ2v) is 0. The Morgan fingerprint density at radius 1 is 0.500 bits per heavy atom. The zero-order valence-corrected chi connectivity index (χ0v) is 7.02. The molecule has 4 heavy (non-hydrogen) atoms. The van der Waals surface area contributed by atoms with E-state index in [2.05, 4.69) is 0 Å². The van der Waals surface area contributed by atoms with Crippen LogP contribution in [0.1, 0.15) is 0 Å². The van der Waals surface area contributed by atoms with Gasteiger partial charge in [0.2, 0.25) is 0 Å². The van der Waals surface area contributed by atoms with Gasteiger partial charge in [0.1, 0.15) is 0 Å². The minimum Gasteiger partial charge on any atom is -2.00 e. The van der Waals surface area contributed by atoms with Crippen LogP contribution in [0.25, 0.3) is 0 Å². The van der Waals surface area contributed by atoms with Crippen molar-refractivity contribution >= 4 is 40.5 Å². The van der Waals surface area contributed by atoms with Gasteiger partial charge < -0.3 is 40.5 Å². The Bertz CT molecular complexity index is 3.25. The van der Waals surface area contributed by atoms with Crippen molar-refractivity contribution in [1.29, 1.82) is 0 Å². The van der Waals surface area contributed by atoms with Gasteiger partial charge in [0, 0.05) is 21.1 Å². The molecule has 0 bridgehead atoms. The van der Waals surface area contributed by atoms with E-state index in [4.69, 9.17) is 0 Å². The normalized spacial score (nSPS) is 0. The fourth-order valence-electron chi connectivity index (χ4n) is 0. The van der Waals surface area contributed by atoms with Crippen LogP contribution in [0, 0.1) is 0 Å². The molecule has 0 nitrogen and oxygen atoms in total. The summed E-state index contributed by atoms with van der Waals surface area (Å²) in [4.78, 5) is 0. The third-order valence-corrected chi connectivity index (χ3v) is 0. The Morgan fingerprint density at radius 2 is 0.500 bits per heavy atom. The fraction of sp³-hybridized carbons (Fsp3) is 0. The molecule has 0 fully saturated rings. The van der Waals surface area contributed by atoms with Crippen LogP contribution in [0.15, 0.2) is 0 Å². The third kappa shape index (κ3) is 9.28. The van der Waals surface area contributed by atoms with Gasteiger partial charge in [-0.25, -0.2) is 0 Å². The Kier molecular flexibility index (Phi) is 234. The Labute approximate surface area is 61.3 Å². The van der Waals surface area contributed by atoms with Crippen molar-refractivity contribution in [3.8, 4) is 0 Å². The van der Waals surface area contributed by atoms with Gasteiger partial charge in [0.05, 0.1) is 0 Å². The summed E-state index contributed by atoms with van der Waals surface area (Å²) in [5.74, 6) is 0. The standard InChI is InChI=1S/3S.W/q3*-2;. The molecule has 0 aromatic rings. The summed E-state index contributed by atoms with van der Waals surface area (Å²) < 4.78 is 0. The van der Waals surface area contributed by atoms with Gasteiger partial charge in [-0.05, 0) is 0 Å². The molecule has 0 unspecified atom stereocenters. The van der Waals surface area contributed by atoms with Crippen molar-refractivity contribution in [2.75, 3.05) is 0 Å².